The van der Waals surface area contributed by atoms with E-state index in [0.717, 1.165) is 19.3 Å². The number of halogens is 1. The lowest BCUT2D eigenvalue weighted by Gasteiger charge is -2.22. The van der Waals surface area contributed by atoms with Gasteiger partial charge in [0.05, 0.1) is 0 Å². The average Bonchev–Trinajstić information content (AvgIpc) is 3.04. The Morgan fingerprint density at radius 2 is 1.29 bits per heavy atom. The van der Waals surface area contributed by atoms with Crippen LogP contribution in [-0.4, -0.2) is 61.0 Å². The lowest BCUT2D eigenvalue weighted by molar-refractivity contribution is -0.135. The van der Waals surface area contributed by atoms with E-state index in [-0.39, 0.29) is 25.0 Å². The number of carbonyl (C=O) groups is 2. The summed E-state index contributed by atoms with van der Waals surface area (Å²) in [6.07, 6.45) is 2.86. The lowest BCUT2D eigenvalue weighted by atomic mass is 10.1. The maximum atomic E-state index is 12.6. The van der Waals surface area contributed by atoms with Gasteiger partial charge in [0.25, 0.3) is 11.8 Å². The van der Waals surface area contributed by atoms with Crippen molar-refractivity contribution in [1.82, 2.24) is 9.80 Å². The van der Waals surface area contributed by atoms with Crippen LogP contribution in [0.15, 0.2) is 48.5 Å². The summed E-state index contributed by atoms with van der Waals surface area (Å²) < 4.78 is 11.2. The van der Waals surface area contributed by atoms with E-state index in [2.05, 4.69) is 6.92 Å². The Bertz CT molecular complexity index is 855. The molecule has 7 heteroatoms. The fourth-order valence-electron chi connectivity index (χ4n) is 3.46. The molecule has 1 aliphatic heterocycles. The van der Waals surface area contributed by atoms with E-state index in [1.54, 1.807) is 34.1 Å². The molecular formula is C24H29ClN2O4. The largest absolute Gasteiger partial charge is 0.484 e. The monoisotopic (exact) mass is 444 g/mol. The summed E-state index contributed by atoms with van der Waals surface area (Å²) in [5, 5.41) is 0.619. The molecule has 31 heavy (non-hydrogen) atoms. The van der Waals surface area contributed by atoms with Gasteiger partial charge in [0.15, 0.2) is 13.2 Å². The Hall–Kier alpha value is -2.73. The van der Waals surface area contributed by atoms with Crippen molar-refractivity contribution in [2.45, 2.75) is 26.2 Å². The van der Waals surface area contributed by atoms with Crippen molar-refractivity contribution in [1.29, 1.82) is 0 Å². The predicted molar refractivity (Wildman–Crippen MR) is 121 cm³/mol. The van der Waals surface area contributed by atoms with Gasteiger partial charge in [0.2, 0.25) is 0 Å². The van der Waals surface area contributed by atoms with Gasteiger partial charge >= 0.3 is 0 Å². The maximum Gasteiger partial charge on any atom is 0.260 e. The fourth-order valence-corrected chi connectivity index (χ4v) is 3.59. The SMILES string of the molecule is CCCc1ccc(OCC(=O)N2CCCN(C(=O)COc3ccc(Cl)cc3)CC2)cc1. The average molecular weight is 445 g/mol. The first-order valence-electron chi connectivity index (χ1n) is 10.7. The van der Waals surface area contributed by atoms with Crippen molar-refractivity contribution < 1.29 is 19.1 Å². The van der Waals surface area contributed by atoms with Crippen LogP contribution in [0.4, 0.5) is 0 Å². The lowest BCUT2D eigenvalue weighted by Crippen LogP contribution is -2.40. The number of carbonyl (C=O) groups excluding carboxylic acids is 2. The van der Waals surface area contributed by atoms with Crippen LogP contribution in [0, 0.1) is 0 Å². The van der Waals surface area contributed by atoms with Crippen molar-refractivity contribution in [3.8, 4) is 11.5 Å². The first kappa shape index (κ1) is 22.9. The highest BCUT2D eigenvalue weighted by Gasteiger charge is 2.22. The van der Waals surface area contributed by atoms with E-state index < -0.39 is 0 Å². The molecular weight excluding hydrogens is 416 g/mol. The van der Waals surface area contributed by atoms with Crippen molar-refractivity contribution in [2.24, 2.45) is 0 Å². The third-order valence-corrected chi connectivity index (χ3v) is 5.45. The van der Waals surface area contributed by atoms with Gasteiger partial charge in [-0.05, 0) is 54.8 Å². The number of amides is 2. The summed E-state index contributed by atoms with van der Waals surface area (Å²) in [7, 11) is 0. The third kappa shape index (κ3) is 7.17. The predicted octanol–water partition coefficient (Wildman–Crippen LogP) is 3.81. The Balaban J connectivity index is 1.42. The summed E-state index contributed by atoms with van der Waals surface area (Å²) in [6, 6.07) is 14.8. The van der Waals surface area contributed by atoms with Crippen molar-refractivity contribution >= 4 is 23.4 Å². The van der Waals surface area contributed by atoms with E-state index >= 15 is 0 Å². The smallest absolute Gasteiger partial charge is 0.260 e. The van der Waals surface area contributed by atoms with E-state index in [1.165, 1.54) is 5.56 Å². The molecule has 1 aliphatic rings. The van der Waals surface area contributed by atoms with Crippen molar-refractivity contribution in [3.63, 3.8) is 0 Å². The number of benzene rings is 2. The zero-order valence-corrected chi connectivity index (χ0v) is 18.6. The number of aryl methyl sites for hydroxylation is 1. The van der Waals surface area contributed by atoms with Gasteiger partial charge in [0.1, 0.15) is 11.5 Å². The molecule has 2 amide bonds. The second kappa shape index (κ2) is 11.6. The van der Waals surface area contributed by atoms with Gasteiger partial charge in [-0.2, -0.15) is 0 Å². The Morgan fingerprint density at radius 3 is 1.77 bits per heavy atom. The summed E-state index contributed by atoms with van der Waals surface area (Å²) >= 11 is 5.86. The minimum atomic E-state index is -0.0901. The van der Waals surface area contributed by atoms with Gasteiger partial charge in [-0.1, -0.05) is 37.1 Å². The van der Waals surface area contributed by atoms with E-state index in [9.17, 15) is 9.59 Å². The number of hydrogen-bond acceptors (Lipinski definition) is 4. The van der Waals surface area contributed by atoms with Crippen LogP contribution in [-0.2, 0) is 16.0 Å². The number of hydrogen-bond donors (Lipinski definition) is 0. The van der Waals surface area contributed by atoms with Crippen LogP contribution in [0.5, 0.6) is 11.5 Å². The van der Waals surface area contributed by atoms with Crippen molar-refractivity contribution in [2.75, 3.05) is 39.4 Å². The molecule has 0 atom stereocenters. The quantitative estimate of drug-likeness (QED) is 0.621. The molecule has 6 nitrogen and oxygen atoms in total. The van der Waals surface area contributed by atoms with Crippen LogP contribution < -0.4 is 9.47 Å². The van der Waals surface area contributed by atoms with E-state index in [0.29, 0.717) is 42.7 Å². The minimum absolute atomic E-state index is 0.000743. The van der Waals surface area contributed by atoms with Crippen LogP contribution >= 0.6 is 11.6 Å². The second-order valence-corrected chi connectivity index (χ2v) is 7.98. The highest BCUT2D eigenvalue weighted by atomic mass is 35.5. The third-order valence-electron chi connectivity index (χ3n) is 5.20. The molecule has 0 aromatic heterocycles. The minimum Gasteiger partial charge on any atom is -0.484 e. The van der Waals surface area contributed by atoms with Crippen molar-refractivity contribution in [3.05, 3.63) is 59.1 Å². The van der Waals surface area contributed by atoms with Gasteiger partial charge < -0.3 is 19.3 Å². The number of rotatable bonds is 8. The molecule has 0 saturated carbocycles. The van der Waals surface area contributed by atoms with E-state index in [1.807, 2.05) is 24.3 Å². The standard InChI is InChI=1S/C24H29ClN2O4/c1-2-4-19-5-9-21(10-6-19)30-17-23(28)26-13-3-14-27(16-15-26)24(29)18-31-22-11-7-20(25)8-12-22/h5-12H,2-4,13-18H2,1H3. The Morgan fingerprint density at radius 1 is 0.806 bits per heavy atom. The van der Waals surface area contributed by atoms with Crippen LogP contribution in [0.2, 0.25) is 5.02 Å². The Kier molecular flexibility index (Phi) is 8.59. The molecule has 0 aliphatic carbocycles. The van der Waals surface area contributed by atoms with Gasteiger partial charge in [0, 0.05) is 31.2 Å². The molecule has 2 aromatic rings. The highest BCUT2D eigenvalue weighted by Crippen LogP contribution is 2.16. The zero-order valence-electron chi connectivity index (χ0n) is 17.9. The topological polar surface area (TPSA) is 59.1 Å². The fraction of sp³-hybridized carbons (Fsp3) is 0.417. The Labute approximate surface area is 188 Å². The first-order chi connectivity index (χ1) is 15.0. The normalized spacial score (nSPS) is 14.1. The summed E-state index contributed by atoms with van der Waals surface area (Å²) in [5.74, 6) is 1.14. The van der Waals surface area contributed by atoms with Crippen LogP contribution in [0.1, 0.15) is 25.3 Å². The molecule has 1 fully saturated rings. The summed E-state index contributed by atoms with van der Waals surface area (Å²) in [5.41, 5.74) is 1.26. The number of nitrogens with zero attached hydrogens (tertiary/aromatic N) is 2. The van der Waals surface area contributed by atoms with Gasteiger partial charge in [-0.25, -0.2) is 0 Å². The highest BCUT2D eigenvalue weighted by molar-refractivity contribution is 6.30. The van der Waals surface area contributed by atoms with E-state index in [4.69, 9.17) is 21.1 Å². The molecule has 0 bridgehead atoms. The summed E-state index contributed by atoms with van der Waals surface area (Å²) in [4.78, 5) is 28.6. The van der Waals surface area contributed by atoms with Crippen LogP contribution in [0.3, 0.4) is 0 Å². The van der Waals surface area contributed by atoms with Crippen LogP contribution in [0.25, 0.3) is 0 Å². The first-order valence-corrected chi connectivity index (χ1v) is 11.1. The molecule has 0 N–H and O–H groups in total. The molecule has 3 rings (SSSR count). The summed E-state index contributed by atoms with van der Waals surface area (Å²) in [6.45, 7) is 4.30. The zero-order chi connectivity index (χ0) is 22.1. The molecule has 166 valence electrons. The molecule has 0 radical (unpaired) electrons. The molecule has 0 unspecified atom stereocenters. The number of ether oxygens (including phenoxy) is 2. The maximum absolute atomic E-state index is 12.6. The van der Waals surface area contributed by atoms with Gasteiger partial charge in [-0.3, -0.25) is 9.59 Å². The second-order valence-electron chi connectivity index (χ2n) is 7.54. The molecule has 0 spiro atoms. The molecule has 1 saturated heterocycles. The molecule has 2 aromatic carbocycles. The molecule has 1 heterocycles. The van der Waals surface area contributed by atoms with Gasteiger partial charge in [-0.15, -0.1) is 0 Å².